The topological polar surface area (TPSA) is 91.2 Å². The third-order valence-corrected chi connectivity index (χ3v) is 8.06. The number of rotatable bonds is 4. The van der Waals surface area contributed by atoms with E-state index in [1.54, 1.807) is 0 Å². The van der Waals surface area contributed by atoms with Crippen LogP contribution >= 0.6 is 0 Å². The van der Waals surface area contributed by atoms with Crippen molar-refractivity contribution in [2.24, 2.45) is 0 Å². The van der Waals surface area contributed by atoms with Gasteiger partial charge in [0.1, 0.15) is 0 Å². The molecule has 0 atom stereocenters. The van der Waals surface area contributed by atoms with Gasteiger partial charge >= 0.3 is 6.03 Å². The zero-order valence-corrected chi connectivity index (χ0v) is 17.8. The largest absolute Gasteiger partial charge is 0.336 e. The Morgan fingerprint density at radius 1 is 1.07 bits per heavy atom. The monoisotopic (exact) mass is 409 g/mol. The Balaban J connectivity index is 1.69. The van der Waals surface area contributed by atoms with Gasteiger partial charge in [-0.05, 0) is 49.9 Å². The number of sulfonamides is 1. The molecule has 0 aliphatic carbocycles. The second-order valence-corrected chi connectivity index (χ2v) is 9.57. The van der Waals surface area contributed by atoms with Crippen molar-refractivity contribution >= 4 is 22.0 Å². The highest BCUT2D eigenvalue weighted by atomic mass is 32.2. The van der Waals surface area contributed by atoms with Gasteiger partial charge < -0.3 is 10.2 Å². The smallest absolute Gasteiger partial charge is 0.324 e. The van der Waals surface area contributed by atoms with Gasteiger partial charge in [0.15, 0.2) is 6.54 Å². The number of piperazine rings is 1. The zero-order chi connectivity index (χ0) is 20.6. The molecule has 0 spiro atoms. The highest BCUT2D eigenvalue weighted by Gasteiger charge is 2.35. The molecule has 1 aromatic carbocycles. The molecule has 2 aliphatic rings. The van der Waals surface area contributed by atoms with Gasteiger partial charge in [0, 0.05) is 13.1 Å². The fraction of sp³-hybridized carbons (Fsp3) is 0.579. The Labute approximate surface area is 166 Å². The summed E-state index contributed by atoms with van der Waals surface area (Å²) in [5, 5.41) is 2.62. The molecule has 2 saturated heterocycles. The number of nitrogens with one attached hydrogen (secondary N) is 2. The number of nitrogens with zero attached hydrogens (tertiary/aromatic N) is 2. The van der Waals surface area contributed by atoms with Crippen molar-refractivity contribution < 1.29 is 22.9 Å². The van der Waals surface area contributed by atoms with E-state index < -0.39 is 10.0 Å². The second kappa shape index (κ2) is 7.81. The number of aryl methyl sites for hydroxylation is 2. The molecule has 0 bridgehead atoms. The summed E-state index contributed by atoms with van der Waals surface area (Å²) >= 11 is 0. The molecule has 2 fully saturated rings. The molecule has 8 nitrogen and oxygen atoms in total. The average Bonchev–Trinajstić information content (AvgIpc) is 3.06. The summed E-state index contributed by atoms with van der Waals surface area (Å²) in [6.07, 6.45) is 0. The maximum atomic E-state index is 13.3. The minimum absolute atomic E-state index is 0.206. The van der Waals surface area contributed by atoms with Crippen LogP contribution < -0.4 is 10.2 Å². The summed E-state index contributed by atoms with van der Waals surface area (Å²) in [4.78, 5) is 26.6. The van der Waals surface area contributed by atoms with Crippen LogP contribution in [-0.4, -0.2) is 75.4 Å². The van der Waals surface area contributed by atoms with Gasteiger partial charge in [0.2, 0.25) is 10.0 Å². The molecular formula is C19H29N4O4S+. The number of hydrogen-bond acceptors (Lipinski definition) is 4. The van der Waals surface area contributed by atoms with Crippen molar-refractivity contribution in [3.05, 3.63) is 28.3 Å². The lowest BCUT2D eigenvalue weighted by molar-refractivity contribution is -0.895. The van der Waals surface area contributed by atoms with Crippen LogP contribution in [0.2, 0.25) is 0 Å². The summed E-state index contributed by atoms with van der Waals surface area (Å²) in [6.45, 7) is 10.5. The first-order valence-corrected chi connectivity index (χ1v) is 11.1. The molecule has 0 radical (unpaired) electrons. The van der Waals surface area contributed by atoms with Gasteiger partial charge in [-0.25, -0.2) is 13.2 Å². The molecule has 3 rings (SSSR count). The number of hydrogen-bond donors (Lipinski definition) is 2. The maximum absolute atomic E-state index is 13.3. The summed E-state index contributed by atoms with van der Waals surface area (Å²) in [5.74, 6) is -0.206. The van der Waals surface area contributed by atoms with Gasteiger partial charge in [0.25, 0.3) is 5.91 Å². The molecular weight excluding hydrogens is 380 g/mol. The molecule has 0 aromatic heterocycles. The van der Waals surface area contributed by atoms with E-state index in [1.807, 2.05) is 33.8 Å². The van der Waals surface area contributed by atoms with E-state index in [1.165, 1.54) is 9.21 Å². The number of imide groups is 1. The van der Waals surface area contributed by atoms with Gasteiger partial charge in [-0.2, -0.15) is 4.31 Å². The number of carbonyl (C=O) groups excluding carboxylic acids is 2. The van der Waals surface area contributed by atoms with Crippen LogP contribution in [0.3, 0.4) is 0 Å². The Hall–Kier alpha value is -1.97. The number of urea groups is 1. The van der Waals surface area contributed by atoms with Crippen molar-refractivity contribution in [1.29, 1.82) is 0 Å². The van der Waals surface area contributed by atoms with E-state index in [9.17, 15) is 18.0 Å². The van der Waals surface area contributed by atoms with Gasteiger partial charge in [0.05, 0.1) is 31.1 Å². The van der Waals surface area contributed by atoms with Crippen LogP contribution in [0.25, 0.3) is 0 Å². The van der Waals surface area contributed by atoms with Gasteiger partial charge in [-0.1, -0.05) is 6.07 Å². The molecule has 1 aromatic rings. The summed E-state index contributed by atoms with van der Waals surface area (Å²) in [6, 6.07) is 1.68. The molecule has 9 heteroatoms. The predicted molar refractivity (Wildman–Crippen MR) is 105 cm³/mol. The summed E-state index contributed by atoms with van der Waals surface area (Å²) in [5.41, 5.74) is 3.54. The van der Waals surface area contributed by atoms with Crippen LogP contribution in [0.4, 0.5) is 4.79 Å². The molecule has 3 amide bonds. The lowest BCUT2D eigenvalue weighted by atomic mass is 10.0. The summed E-state index contributed by atoms with van der Waals surface area (Å²) < 4.78 is 28.1. The minimum Gasteiger partial charge on any atom is -0.336 e. The number of benzene rings is 1. The molecule has 2 aliphatic heterocycles. The second-order valence-electron chi connectivity index (χ2n) is 7.70. The first-order valence-electron chi connectivity index (χ1n) is 9.62. The Kier molecular flexibility index (Phi) is 5.79. The molecule has 2 N–H and O–H groups in total. The zero-order valence-electron chi connectivity index (χ0n) is 17.0. The number of carbonyl (C=O) groups is 2. The normalized spacial score (nSPS) is 19.1. The Morgan fingerprint density at radius 3 is 2.14 bits per heavy atom. The average molecular weight is 410 g/mol. The van der Waals surface area contributed by atoms with Crippen molar-refractivity contribution in [3.63, 3.8) is 0 Å². The van der Waals surface area contributed by atoms with Crippen LogP contribution in [0.1, 0.15) is 22.3 Å². The fourth-order valence-electron chi connectivity index (χ4n) is 3.94. The quantitative estimate of drug-likeness (QED) is 0.692. The van der Waals surface area contributed by atoms with Crippen molar-refractivity contribution in [3.8, 4) is 0 Å². The third kappa shape index (κ3) is 3.78. The van der Waals surface area contributed by atoms with Gasteiger partial charge in [-0.15, -0.1) is 0 Å². The molecule has 154 valence electrons. The van der Waals surface area contributed by atoms with E-state index in [2.05, 4.69) is 5.32 Å². The standard InChI is InChI=1S/C19H28N4O4S/c1-13-11-14(2)16(4)18(15(13)3)28(26,27)22-9-7-21(8-10-22)12-17(24)23-6-5-20-19(23)25/h11H,5-10,12H2,1-4H3,(H,20,25)/p+1. The highest BCUT2D eigenvalue weighted by Crippen LogP contribution is 2.28. The molecule has 0 unspecified atom stereocenters. The highest BCUT2D eigenvalue weighted by molar-refractivity contribution is 7.89. The molecule has 0 saturated carbocycles. The first-order chi connectivity index (χ1) is 13.1. The SMILES string of the molecule is Cc1cc(C)c(C)c(S(=O)(=O)N2CC[NH+](CC(=O)N3CCNC3=O)CC2)c1C. The van der Waals surface area contributed by atoms with Crippen LogP contribution in [-0.2, 0) is 14.8 Å². The Bertz CT molecular complexity index is 879. The van der Waals surface area contributed by atoms with E-state index in [0.717, 1.165) is 27.2 Å². The van der Waals surface area contributed by atoms with E-state index >= 15 is 0 Å². The molecule has 2 heterocycles. The minimum atomic E-state index is -3.58. The number of quaternary nitrogens is 1. The van der Waals surface area contributed by atoms with Crippen LogP contribution in [0.15, 0.2) is 11.0 Å². The van der Waals surface area contributed by atoms with Crippen molar-refractivity contribution in [2.75, 3.05) is 45.8 Å². The van der Waals surface area contributed by atoms with E-state index in [4.69, 9.17) is 0 Å². The third-order valence-electron chi connectivity index (χ3n) is 5.88. The van der Waals surface area contributed by atoms with Gasteiger partial charge in [-0.3, -0.25) is 9.69 Å². The van der Waals surface area contributed by atoms with Crippen molar-refractivity contribution in [1.82, 2.24) is 14.5 Å². The predicted octanol–water partition coefficient (Wildman–Crippen LogP) is -0.639. The molecule has 28 heavy (non-hydrogen) atoms. The Morgan fingerprint density at radius 2 is 1.64 bits per heavy atom. The maximum Gasteiger partial charge on any atom is 0.324 e. The van der Waals surface area contributed by atoms with Crippen molar-refractivity contribution in [2.45, 2.75) is 32.6 Å². The van der Waals surface area contributed by atoms with Crippen LogP contribution in [0.5, 0.6) is 0 Å². The van der Waals surface area contributed by atoms with E-state index in [0.29, 0.717) is 44.2 Å². The van der Waals surface area contributed by atoms with E-state index in [-0.39, 0.29) is 18.5 Å². The lowest BCUT2D eigenvalue weighted by Gasteiger charge is -2.32. The lowest BCUT2D eigenvalue weighted by Crippen LogP contribution is -3.15. The fourth-order valence-corrected chi connectivity index (χ4v) is 5.95. The summed E-state index contributed by atoms with van der Waals surface area (Å²) in [7, 11) is -3.58. The van der Waals surface area contributed by atoms with Crippen LogP contribution in [0, 0.1) is 27.7 Å². The first kappa shape index (κ1) is 20.8. The number of amides is 3.